The Bertz CT molecular complexity index is 482. The van der Waals surface area contributed by atoms with Crippen molar-refractivity contribution < 1.29 is 9.59 Å². The summed E-state index contributed by atoms with van der Waals surface area (Å²) in [5.74, 6) is 0.768. The van der Waals surface area contributed by atoms with Gasteiger partial charge in [-0.05, 0) is 26.2 Å². The number of amides is 2. The lowest BCUT2D eigenvalue weighted by Gasteiger charge is -2.19. The average Bonchev–Trinajstić information content (AvgIpc) is 3.17. The zero-order valence-electron chi connectivity index (χ0n) is 13.3. The maximum absolute atomic E-state index is 12.1. The monoisotopic (exact) mass is 307 g/mol. The first-order valence-electron chi connectivity index (χ1n) is 8.05. The van der Waals surface area contributed by atoms with Gasteiger partial charge in [-0.2, -0.15) is 5.10 Å². The Kier molecular flexibility index (Phi) is 5.91. The minimum Gasteiger partial charge on any atom is -0.353 e. The fourth-order valence-corrected chi connectivity index (χ4v) is 2.88. The highest BCUT2D eigenvalue weighted by atomic mass is 16.2. The van der Waals surface area contributed by atoms with Crippen LogP contribution in [-0.4, -0.2) is 33.0 Å². The summed E-state index contributed by atoms with van der Waals surface area (Å²) in [6.45, 7) is 3.83. The molecule has 22 heavy (non-hydrogen) atoms. The van der Waals surface area contributed by atoms with E-state index in [4.69, 9.17) is 0 Å². The Morgan fingerprint density at radius 3 is 2.68 bits per heavy atom. The van der Waals surface area contributed by atoms with E-state index in [2.05, 4.69) is 25.8 Å². The predicted molar refractivity (Wildman–Crippen MR) is 81.7 cm³/mol. The van der Waals surface area contributed by atoms with E-state index in [1.807, 2.05) is 13.8 Å². The van der Waals surface area contributed by atoms with Crippen LogP contribution in [0.2, 0.25) is 0 Å². The summed E-state index contributed by atoms with van der Waals surface area (Å²) in [6.07, 6.45) is 6.61. The lowest BCUT2D eigenvalue weighted by atomic mass is 10.1. The van der Waals surface area contributed by atoms with Crippen LogP contribution >= 0.6 is 0 Å². The number of carbonyl (C=O) groups excluding carboxylic acids is 2. The van der Waals surface area contributed by atoms with Gasteiger partial charge in [0.05, 0.1) is 6.04 Å². The predicted octanol–water partition coefficient (Wildman–Crippen LogP) is 1.46. The SMILES string of the molecule is CCC(NC(=O)CC(C)NC(=O)C1CCCC1)c1ncn[nH]1. The third kappa shape index (κ3) is 4.54. The molecule has 1 aliphatic carbocycles. The van der Waals surface area contributed by atoms with Gasteiger partial charge < -0.3 is 10.6 Å². The summed E-state index contributed by atoms with van der Waals surface area (Å²) in [5.41, 5.74) is 0. The minimum absolute atomic E-state index is 0.0834. The molecular formula is C15H25N5O2. The van der Waals surface area contributed by atoms with E-state index in [9.17, 15) is 9.59 Å². The van der Waals surface area contributed by atoms with Gasteiger partial charge in [0.15, 0.2) is 0 Å². The summed E-state index contributed by atoms with van der Waals surface area (Å²) in [4.78, 5) is 28.2. The van der Waals surface area contributed by atoms with Crippen molar-refractivity contribution in [3.8, 4) is 0 Å². The van der Waals surface area contributed by atoms with Gasteiger partial charge in [0.2, 0.25) is 11.8 Å². The Morgan fingerprint density at radius 2 is 2.09 bits per heavy atom. The van der Waals surface area contributed by atoms with Gasteiger partial charge in [0.25, 0.3) is 0 Å². The summed E-state index contributed by atoms with van der Waals surface area (Å²) in [5, 5.41) is 12.4. The van der Waals surface area contributed by atoms with Crippen molar-refractivity contribution in [1.29, 1.82) is 0 Å². The van der Waals surface area contributed by atoms with E-state index in [1.165, 1.54) is 6.33 Å². The largest absolute Gasteiger partial charge is 0.353 e. The zero-order chi connectivity index (χ0) is 15.9. The maximum Gasteiger partial charge on any atom is 0.223 e. The summed E-state index contributed by atoms with van der Waals surface area (Å²) in [6, 6.07) is -0.340. The second-order valence-electron chi connectivity index (χ2n) is 5.99. The summed E-state index contributed by atoms with van der Waals surface area (Å²) < 4.78 is 0. The smallest absolute Gasteiger partial charge is 0.223 e. The van der Waals surface area contributed by atoms with Crippen molar-refractivity contribution in [3.05, 3.63) is 12.2 Å². The van der Waals surface area contributed by atoms with Crippen molar-refractivity contribution in [2.45, 2.75) is 64.5 Å². The number of nitrogens with one attached hydrogen (secondary N) is 3. The number of aromatic nitrogens is 3. The van der Waals surface area contributed by atoms with E-state index in [0.29, 0.717) is 5.82 Å². The van der Waals surface area contributed by atoms with Gasteiger partial charge in [0.1, 0.15) is 12.2 Å². The fraction of sp³-hybridized carbons (Fsp3) is 0.733. The number of rotatable bonds is 7. The van der Waals surface area contributed by atoms with Crippen LogP contribution in [-0.2, 0) is 9.59 Å². The Hall–Kier alpha value is -1.92. The normalized spacial score (nSPS) is 17.9. The molecule has 0 aromatic carbocycles. The van der Waals surface area contributed by atoms with Gasteiger partial charge in [-0.25, -0.2) is 4.98 Å². The van der Waals surface area contributed by atoms with Crippen LogP contribution in [0.5, 0.6) is 0 Å². The molecule has 1 fully saturated rings. The van der Waals surface area contributed by atoms with Crippen molar-refractivity contribution in [2.24, 2.45) is 5.92 Å². The van der Waals surface area contributed by atoms with Crippen molar-refractivity contribution >= 4 is 11.8 Å². The van der Waals surface area contributed by atoms with Crippen LogP contribution in [0.25, 0.3) is 0 Å². The second-order valence-corrected chi connectivity index (χ2v) is 5.99. The molecule has 1 aromatic heterocycles. The van der Waals surface area contributed by atoms with Crippen molar-refractivity contribution in [2.75, 3.05) is 0 Å². The first-order valence-corrected chi connectivity index (χ1v) is 8.05. The number of aromatic amines is 1. The van der Waals surface area contributed by atoms with Crippen LogP contribution in [0.4, 0.5) is 0 Å². The highest BCUT2D eigenvalue weighted by Crippen LogP contribution is 2.24. The van der Waals surface area contributed by atoms with Gasteiger partial charge in [-0.15, -0.1) is 0 Å². The van der Waals surface area contributed by atoms with Crippen LogP contribution in [0.15, 0.2) is 6.33 Å². The Morgan fingerprint density at radius 1 is 1.36 bits per heavy atom. The van der Waals surface area contributed by atoms with Crippen LogP contribution in [0, 0.1) is 5.92 Å². The molecule has 7 nitrogen and oxygen atoms in total. The number of hydrogen-bond acceptors (Lipinski definition) is 4. The summed E-state index contributed by atoms with van der Waals surface area (Å²) in [7, 11) is 0. The van der Waals surface area contributed by atoms with Gasteiger partial charge in [0, 0.05) is 18.4 Å². The minimum atomic E-state index is -0.173. The summed E-state index contributed by atoms with van der Waals surface area (Å²) >= 11 is 0. The molecule has 122 valence electrons. The number of carbonyl (C=O) groups is 2. The fourth-order valence-electron chi connectivity index (χ4n) is 2.88. The van der Waals surface area contributed by atoms with E-state index in [-0.39, 0.29) is 36.2 Å². The molecular weight excluding hydrogens is 282 g/mol. The number of H-pyrrole nitrogens is 1. The van der Waals surface area contributed by atoms with Gasteiger partial charge in [-0.1, -0.05) is 19.8 Å². The average molecular weight is 307 g/mol. The lowest BCUT2D eigenvalue weighted by molar-refractivity contribution is -0.126. The molecule has 2 unspecified atom stereocenters. The molecule has 3 N–H and O–H groups in total. The molecule has 1 saturated carbocycles. The molecule has 1 aliphatic rings. The number of nitrogens with zero attached hydrogens (tertiary/aromatic N) is 2. The molecule has 0 aliphatic heterocycles. The van der Waals surface area contributed by atoms with E-state index in [1.54, 1.807) is 0 Å². The van der Waals surface area contributed by atoms with Gasteiger partial charge >= 0.3 is 0 Å². The quantitative estimate of drug-likeness (QED) is 0.710. The highest BCUT2D eigenvalue weighted by Gasteiger charge is 2.24. The third-order valence-corrected chi connectivity index (χ3v) is 4.11. The standard InChI is InChI=1S/C15H25N5O2/c1-3-12(14-16-9-17-20-14)19-13(21)8-10(2)18-15(22)11-6-4-5-7-11/h9-12H,3-8H2,1-2H3,(H,18,22)(H,19,21)(H,16,17,20). The second kappa shape index (κ2) is 7.91. The Balaban J connectivity index is 1.76. The third-order valence-electron chi connectivity index (χ3n) is 4.11. The van der Waals surface area contributed by atoms with Crippen LogP contribution in [0.3, 0.4) is 0 Å². The van der Waals surface area contributed by atoms with Crippen molar-refractivity contribution in [3.63, 3.8) is 0 Å². The molecule has 0 saturated heterocycles. The first-order chi connectivity index (χ1) is 10.6. The molecule has 1 aromatic rings. The van der Waals surface area contributed by atoms with E-state index < -0.39 is 0 Å². The Labute approximate surface area is 130 Å². The first kappa shape index (κ1) is 16.5. The molecule has 0 radical (unpaired) electrons. The van der Waals surface area contributed by atoms with Crippen LogP contribution in [0.1, 0.15) is 64.2 Å². The molecule has 2 amide bonds. The zero-order valence-corrected chi connectivity index (χ0v) is 13.3. The topological polar surface area (TPSA) is 99.8 Å². The number of hydrogen-bond donors (Lipinski definition) is 3. The molecule has 7 heteroatoms. The van der Waals surface area contributed by atoms with Gasteiger partial charge in [-0.3, -0.25) is 14.7 Å². The molecule has 1 heterocycles. The molecule has 2 rings (SSSR count). The van der Waals surface area contributed by atoms with Crippen LogP contribution < -0.4 is 10.6 Å². The van der Waals surface area contributed by atoms with E-state index >= 15 is 0 Å². The molecule has 2 atom stereocenters. The lowest BCUT2D eigenvalue weighted by Crippen LogP contribution is -2.40. The molecule has 0 spiro atoms. The van der Waals surface area contributed by atoms with Crippen molar-refractivity contribution in [1.82, 2.24) is 25.8 Å². The maximum atomic E-state index is 12.1. The molecule has 0 bridgehead atoms. The van der Waals surface area contributed by atoms with E-state index in [0.717, 1.165) is 32.1 Å². The highest BCUT2D eigenvalue weighted by molar-refractivity contribution is 5.81.